The van der Waals surface area contributed by atoms with Crippen molar-refractivity contribution in [3.8, 4) is 0 Å². The summed E-state index contributed by atoms with van der Waals surface area (Å²) in [5, 5.41) is 5.98. The Balaban J connectivity index is 2.10. The maximum Gasteiger partial charge on any atom is 0.00171 e. The second kappa shape index (κ2) is 6.90. The minimum Gasteiger partial charge on any atom is -0.317 e. The molecule has 0 bridgehead atoms. The second-order valence-electron chi connectivity index (χ2n) is 6.48. The third-order valence-corrected chi connectivity index (χ3v) is 5.69. The Kier molecular flexibility index (Phi) is 5.47. The maximum atomic E-state index is 3.57. The summed E-state index contributed by atoms with van der Waals surface area (Å²) in [6.45, 7) is 11.5. The van der Waals surface area contributed by atoms with Crippen LogP contribution >= 0.6 is 11.3 Å². The molecular weight excluding hydrogens is 250 g/mol. The molecule has 1 aliphatic carbocycles. The molecule has 2 heteroatoms. The standard InChI is InChI=1S/C17H29NS/c1-5-18-10-15-7-6-14(12(2)3)9-17(15)16-8-13(4)19-11-16/h8,11-12,14-15,17-18H,5-7,9-10H2,1-4H3. The van der Waals surface area contributed by atoms with E-state index in [9.17, 15) is 0 Å². The summed E-state index contributed by atoms with van der Waals surface area (Å²) in [6.07, 6.45) is 4.21. The van der Waals surface area contributed by atoms with Crippen molar-refractivity contribution in [2.45, 2.75) is 52.9 Å². The Hall–Kier alpha value is -0.340. The van der Waals surface area contributed by atoms with Gasteiger partial charge in [-0.3, -0.25) is 0 Å². The van der Waals surface area contributed by atoms with Crippen LogP contribution in [0.3, 0.4) is 0 Å². The van der Waals surface area contributed by atoms with Crippen LogP contribution in [0.4, 0.5) is 0 Å². The van der Waals surface area contributed by atoms with Gasteiger partial charge in [-0.15, -0.1) is 11.3 Å². The van der Waals surface area contributed by atoms with Gasteiger partial charge in [-0.1, -0.05) is 20.8 Å². The summed E-state index contributed by atoms with van der Waals surface area (Å²) in [5.41, 5.74) is 1.61. The van der Waals surface area contributed by atoms with Crippen molar-refractivity contribution in [1.82, 2.24) is 5.32 Å². The molecular formula is C17H29NS. The zero-order chi connectivity index (χ0) is 13.8. The fourth-order valence-corrected chi connectivity index (χ4v) is 4.28. The van der Waals surface area contributed by atoms with Gasteiger partial charge in [0.1, 0.15) is 0 Å². The van der Waals surface area contributed by atoms with Crippen molar-refractivity contribution in [2.24, 2.45) is 17.8 Å². The van der Waals surface area contributed by atoms with Crippen molar-refractivity contribution in [3.05, 3.63) is 21.9 Å². The number of nitrogens with one attached hydrogen (secondary N) is 1. The number of rotatable bonds is 5. The maximum absolute atomic E-state index is 3.57. The minimum absolute atomic E-state index is 0.783. The van der Waals surface area contributed by atoms with Crippen molar-refractivity contribution < 1.29 is 0 Å². The number of hydrogen-bond acceptors (Lipinski definition) is 2. The molecule has 1 N–H and O–H groups in total. The highest BCUT2D eigenvalue weighted by atomic mass is 32.1. The van der Waals surface area contributed by atoms with Crippen LogP contribution < -0.4 is 5.32 Å². The molecule has 1 aromatic heterocycles. The van der Waals surface area contributed by atoms with Crippen molar-refractivity contribution in [1.29, 1.82) is 0 Å². The predicted octanol–water partition coefficient (Wildman–Crippen LogP) is 4.82. The van der Waals surface area contributed by atoms with E-state index >= 15 is 0 Å². The first-order valence-electron chi connectivity index (χ1n) is 7.87. The third kappa shape index (κ3) is 3.82. The van der Waals surface area contributed by atoms with E-state index in [0.29, 0.717) is 0 Å². The fourth-order valence-electron chi connectivity index (χ4n) is 3.51. The SMILES string of the molecule is CCNCC1CCC(C(C)C)CC1c1csc(C)c1. The molecule has 0 saturated heterocycles. The van der Waals surface area contributed by atoms with E-state index in [1.165, 1.54) is 30.7 Å². The molecule has 0 spiro atoms. The average Bonchev–Trinajstić information content (AvgIpc) is 2.82. The number of aryl methyl sites for hydroxylation is 1. The molecule has 1 nitrogen and oxygen atoms in total. The van der Waals surface area contributed by atoms with Crippen LogP contribution in [0.1, 0.15) is 56.4 Å². The van der Waals surface area contributed by atoms with Gasteiger partial charge in [0, 0.05) is 4.88 Å². The van der Waals surface area contributed by atoms with Gasteiger partial charge in [-0.05, 0) is 80.0 Å². The zero-order valence-corrected chi connectivity index (χ0v) is 13.7. The van der Waals surface area contributed by atoms with E-state index in [4.69, 9.17) is 0 Å². The highest BCUT2D eigenvalue weighted by Gasteiger charge is 2.32. The fraction of sp³-hybridized carbons (Fsp3) is 0.765. The summed E-state index contributed by atoms with van der Waals surface area (Å²) in [7, 11) is 0. The lowest BCUT2D eigenvalue weighted by Crippen LogP contribution is -2.33. The van der Waals surface area contributed by atoms with Crippen molar-refractivity contribution in [2.75, 3.05) is 13.1 Å². The van der Waals surface area contributed by atoms with Crippen molar-refractivity contribution in [3.63, 3.8) is 0 Å². The molecule has 0 aromatic carbocycles. The zero-order valence-electron chi connectivity index (χ0n) is 12.9. The predicted molar refractivity (Wildman–Crippen MR) is 86.0 cm³/mol. The summed E-state index contributed by atoms with van der Waals surface area (Å²) < 4.78 is 0. The smallest absolute Gasteiger partial charge is 0.00171 e. The molecule has 108 valence electrons. The lowest BCUT2D eigenvalue weighted by Gasteiger charge is -2.38. The largest absolute Gasteiger partial charge is 0.317 e. The van der Waals surface area contributed by atoms with Gasteiger partial charge in [0.05, 0.1) is 0 Å². The highest BCUT2D eigenvalue weighted by Crippen LogP contribution is 2.43. The molecule has 3 unspecified atom stereocenters. The van der Waals surface area contributed by atoms with E-state index in [-0.39, 0.29) is 0 Å². The molecule has 1 aliphatic rings. The van der Waals surface area contributed by atoms with E-state index in [1.54, 1.807) is 5.56 Å². The van der Waals surface area contributed by atoms with Gasteiger partial charge in [0.2, 0.25) is 0 Å². The first kappa shape index (κ1) is 15.1. The first-order chi connectivity index (χ1) is 9.11. The highest BCUT2D eigenvalue weighted by molar-refractivity contribution is 7.10. The van der Waals surface area contributed by atoms with Crippen LogP contribution in [-0.2, 0) is 0 Å². The molecule has 1 heterocycles. The molecule has 2 rings (SSSR count). The topological polar surface area (TPSA) is 12.0 Å². The van der Waals surface area contributed by atoms with Gasteiger partial charge in [-0.2, -0.15) is 0 Å². The van der Waals surface area contributed by atoms with Crippen LogP contribution in [0.2, 0.25) is 0 Å². The Bertz CT molecular complexity index is 382. The Morgan fingerprint density at radius 1 is 1.37 bits per heavy atom. The summed E-state index contributed by atoms with van der Waals surface area (Å²) in [4.78, 5) is 1.46. The molecule has 1 saturated carbocycles. The minimum atomic E-state index is 0.783. The lowest BCUT2D eigenvalue weighted by molar-refractivity contribution is 0.191. The van der Waals surface area contributed by atoms with Crippen LogP contribution in [0.15, 0.2) is 11.4 Å². The van der Waals surface area contributed by atoms with E-state index in [0.717, 1.165) is 30.2 Å². The summed E-state index contributed by atoms with van der Waals surface area (Å²) in [6, 6.07) is 2.43. The van der Waals surface area contributed by atoms with Gasteiger partial charge in [0.25, 0.3) is 0 Å². The van der Waals surface area contributed by atoms with Gasteiger partial charge in [0.15, 0.2) is 0 Å². The normalized spacial score (nSPS) is 27.9. The van der Waals surface area contributed by atoms with Gasteiger partial charge < -0.3 is 5.32 Å². The second-order valence-corrected chi connectivity index (χ2v) is 7.60. The van der Waals surface area contributed by atoms with E-state index in [2.05, 4.69) is 44.5 Å². The van der Waals surface area contributed by atoms with Crippen molar-refractivity contribution >= 4 is 11.3 Å². The molecule has 1 fully saturated rings. The monoisotopic (exact) mass is 279 g/mol. The first-order valence-corrected chi connectivity index (χ1v) is 8.75. The lowest BCUT2D eigenvalue weighted by atomic mass is 9.68. The van der Waals surface area contributed by atoms with E-state index in [1.807, 2.05) is 11.3 Å². The number of hydrogen-bond donors (Lipinski definition) is 1. The van der Waals surface area contributed by atoms with Crippen LogP contribution in [0.25, 0.3) is 0 Å². The van der Waals surface area contributed by atoms with Gasteiger partial charge >= 0.3 is 0 Å². The summed E-state index contributed by atoms with van der Waals surface area (Å²) >= 11 is 1.91. The van der Waals surface area contributed by atoms with Crippen LogP contribution in [-0.4, -0.2) is 13.1 Å². The van der Waals surface area contributed by atoms with Gasteiger partial charge in [-0.25, -0.2) is 0 Å². The quantitative estimate of drug-likeness (QED) is 0.814. The average molecular weight is 279 g/mol. The van der Waals surface area contributed by atoms with Crippen LogP contribution in [0.5, 0.6) is 0 Å². The molecule has 0 radical (unpaired) electrons. The molecule has 1 aromatic rings. The molecule has 0 amide bonds. The Morgan fingerprint density at radius 3 is 2.74 bits per heavy atom. The molecule has 19 heavy (non-hydrogen) atoms. The summed E-state index contributed by atoms with van der Waals surface area (Å²) in [5.74, 6) is 3.37. The van der Waals surface area contributed by atoms with Crippen LogP contribution in [0, 0.1) is 24.7 Å². The molecule has 0 aliphatic heterocycles. The Labute approximate surface area is 122 Å². The third-order valence-electron chi connectivity index (χ3n) is 4.81. The number of thiophene rings is 1. The Morgan fingerprint density at radius 2 is 2.16 bits per heavy atom. The molecule has 3 atom stereocenters. The van der Waals surface area contributed by atoms with E-state index < -0.39 is 0 Å².